The number of halogens is 3. The molecule has 2 heterocycles. The largest absolute Gasteiger partial charge is 0.573 e. The van der Waals surface area contributed by atoms with Gasteiger partial charge in [0.15, 0.2) is 0 Å². The zero-order valence-electron chi connectivity index (χ0n) is 22.0. The summed E-state index contributed by atoms with van der Waals surface area (Å²) < 4.78 is 49.2. The lowest BCUT2D eigenvalue weighted by atomic mass is 10.2. The summed E-state index contributed by atoms with van der Waals surface area (Å²) in [5.41, 5.74) is 0.482. The first kappa shape index (κ1) is 27.7. The number of hydrogen-bond acceptors (Lipinski definition) is 6. The lowest BCUT2D eigenvalue weighted by Gasteiger charge is -2.29. The first-order chi connectivity index (χ1) is 17.9. The summed E-state index contributed by atoms with van der Waals surface area (Å²) in [7, 11) is 1.75. The molecule has 208 valence electrons. The van der Waals surface area contributed by atoms with E-state index in [2.05, 4.69) is 14.6 Å². The van der Waals surface area contributed by atoms with Crippen molar-refractivity contribution in [2.24, 2.45) is 24.8 Å². The Morgan fingerprint density at radius 1 is 1.21 bits per heavy atom. The monoisotopic (exact) mass is 537 g/mol. The topological polar surface area (TPSA) is 80.1 Å². The van der Waals surface area contributed by atoms with Crippen molar-refractivity contribution in [1.82, 2.24) is 24.3 Å². The maximum absolute atomic E-state index is 13.1. The molecule has 0 spiro atoms. The minimum Gasteiger partial charge on any atom is -0.406 e. The molecule has 0 N–H and O–H groups in total. The number of aromatic nitrogens is 2. The second-order valence-corrected chi connectivity index (χ2v) is 10.3. The van der Waals surface area contributed by atoms with Crippen LogP contribution in [0.15, 0.2) is 36.8 Å². The molecule has 1 saturated heterocycles. The zero-order valence-corrected chi connectivity index (χ0v) is 22.0. The lowest BCUT2D eigenvalue weighted by molar-refractivity contribution is -0.274. The summed E-state index contributed by atoms with van der Waals surface area (Å²) in [4.78, 5) is 35.3. The summed E-state index contributed by atoms with van der Waals surface area (Å²) >= 11 is 0. The van der Waals surface area contributed by atoms with E-state index >= 15 is 0 Å². The molecule has 2 unspecified atom stereocenters. The molecule has 2 amide bonds. The third-order valence-electron chi connectivity index (χ3n) is 7.16. The molecule has 1 saturated carbocycles. The Bertz CT molecular complexity index is 1130. The Morgan fingerprint density at radius 2 is 1.92 bits per heavy atom. The van der Waals surface area contributed by atoms with Gasteiger partial charge >= 0.3 is 12.5 Å². The number of rotatable bonds is 10. The van der Waals surface area contributed by atoms with E-state index in [1.54, 1.807) is 23.9 Å². The third-order valence-corrected chi connectivity index (χ3v) is 7.16. The van der Waals surface area contributed by atoms with Crippen molar-refractivity contribution in [2.45, 2.75) is 39.7 Å². The molecule has 0 bridgehead atoms. The highest BCUT2D eigenvalue weighted by molar-refractivity contribution is 5.78. The number of hydrogen-bond donors (Lipinski definition) is 0. The predicted molar refractivity (Wildman–Crippen MR) is 132 cm³/mol. The van der Waals surface area contributed by atoms with Crippen LogP contribution in [0.4, 0.5) is 18.0 Å². The number of ether oxygens (including phenoxy) is 2. The molecule has 1 aliphatic heterocycles. The van der Waals surface area contributed by atoms with Gasteiger partial charge in [0.05, 0.1) is 19.1 Å². The Hall–Kier alpha value is -3.28. The van der Waals surface area contributed by atoms with Crippen LogP contribution < -0.4 is 9.47 Å². The predicted octanol–water partition coefficient (Wildman–Crippen LogP) is 3.75. The fourth-order valence-corrected chi connectivity index (χ4v) is 5.36. The van der Waals surface area contributed by atoms with Crippen molar-refractivity contribution in [3.05, 3.63) is 42.4 Å². The van der Waals surface area contributed by atoms with Crippen molar-refractivity contribution < 1.29 is 32.2 Å². The number of benzene rings is 1. The fourth-order valence-electron chi connectivity index (χ4n) is 5.36. The van der Waals surface area contributed by atoms with Crippen molar-refractivity contribution in [2.75, 3.05) is 32.7 Å². The number of alkyl halides is 3. The van der Waals surface area contributed by atoms with Gasteiger partial charge in [0.25, 0.3) is 0 Å². The highest BCUT2D eigenvalue weighted by Crippen LogP contribution is 2.52. The Morgan fingerprint density at radius 3 is 2.50 bits per heavy atom. The normalized spacial score (nSPS) is 20.8. The van der Waals surface area contributed by atoms with Gasteiger partial charge in [-0.15, -0.1) is 13.2 Å². The Labute approximate surface area is 220 Å². The second kappa shape index (κ2) is 11.2. The highest BCUT2D eigenvalue weighted by atomic mass is 19.4. The van der Waals surface area contributed by atoms with Crippen molar-refractivity contribution in [3.8, 4) is 11.6 Å². The van der Waals surface area contributed by atoms with Gasteiger partial charge in [-0.25, -0.2) is 9.78 Å². The number of aryl methyl sites for hydroxylation is 1. The molecule has 12 heteroatoms. The summed E-state index contributed by atoms with van der Waals surface area (Å²) in [5, 5.41) is 0. The summed E-state index contributed by atoms with van der Waals surface area (Å²) in [5.74, 6) is 0.826. The van der Waals surface area contributed by atoms with Crippen LogP contribution in [0.1, 0.15) is 26.3 Å². The van der Waals surface area contributed by atoms with Crippen LogP contribution >= 0.6 is 0 Å². The van der Waals surface area contributed by atoms with Gasteiger partial charge in [0.1, 0.15) is 5.75 Å². The Kier molecular flexibility index (Phi) is 8.19. The highest BCUT2D eigenvalue weighted by Gasteiger charge is 2.56. The first-order valence-corrected chi connectivity index (χ1v) is 12.7. The van der Waals surface area contributed by atoms with E-state index in [0.717, 1.165) is 13.1 Å². The van der Waals surface area contributed by atoms with Gasteiger partial charge in [-0.1, -0.05) is 12.1 Å². The number of piperidine rings is 1. The van der Waals surface area contributed by atoms with Gasteiger partial charge in [-0.05, 0) is 56.2 Å². The average molecular weight is 538 g/mol. The first-order valence-electron chi connectivity index (χ1n) is 12.7. The van der Waals surface area contributed by atoms with Gasteiger partial charge in [-0.3, -0.25) is 9.69 Å². The molecule has 2 aromatic rings. The summed E-state index contributed by atoms with van der Waals surface area (Å²) in [6, 6.07) is 5.73. The van der Waals surface area contributed by atoms with Crippen LogP contribution in [0, 0.1) is 17.8 Å². The summed E-state index contributed by atoms with van der Waals surface area (Å²) in [6.45, 7) is 9.01. The number of fused-ring (bicyclic) bond motifs is 1. The smallest absolute Gasteiger partial charge is 0.406 e. The number of carbonyl (C=O) groups is 2. The van der Waals surface area contributed by atoms with Crippen LogP contribution in [0.2, 0.25) is 0 Å². The molecule has 2 fully saturated rings. The van der Waals surface area contributed by atoms with Gasteiger partial charge < -0.3 is 23.8 Å². The van der Waals surface area contributed by atoms with E-state index in [1.807, 2.05) is 25.7 Å². The summed E-state index contributed by atoms with van der Waals surface area (Å²) in [6.07, 6.45) is -2.37. The van der Waals surface area contributed by atoms with Crippen molar-refractivity contribution >= 4 is 12.0 Å². The molecule has 1 aromatic carbocycles. The van der Waals surface area contributed by atoms with Crippen molar-refractivity contribution in [3.63, 3.8) is 0 Å². The molecule has 2 aliphatic rings. The molecule has 38 heavy (non-hydrogen) atoms. The zero-order chi connectivity index (χ0) is 27.6. The van der Waals surface area contributed by atoms with Crippen LogP contribution in [-0.2, 0) is 18.4 Å². The van der Waals surface area contributed by atoms with Gasteiger partial charge in [0.2, 0.25) is 11.8 Å². The average Bonchev–Trinajstić information content (AvgIpc) is 3.10. The molecule has 1 aromatic heterocycles. The minimum absolute atomic E-state index is 0.0543. The number of amides is 2. The minimum atomic E-state index is -4.81. The number of imidazole rings is 1. The molecule has 1 aliphatic carbocycles. The molecular formula is C26H34F3N5O4. The van der Waals surface area contributed by atoms with Gasteiger partial charge in [-0.2, -0.15) is 0 Å². The van der Waals surface area contributed by atoms with Crippen molar-refractivity contribution in [1.29, 1.82) is 0 Å². The van der Waals surface area contributed by atoms with Crippen LogP contribution in [0.5, 0.6) is 11.6 Å². The number of nitrogens with zero attached hydrogens (tertiary/aromatic N) is 5. The lowest BCUT2D eigenvalue weighted by Crippen LogP contribution is -2.44. The third kappa shape index (κ3) is 6.97. The van der Waals surface area contributed by atoms with E-state index in [1.165, 1.54) is 29.4 Å². The molecular weight excluding hydrogens is 503 g/mol. The van der Waals surface area contributed by atoms with E-state index in [4.69, 9.17) is 4.74 Å². The van der Waals surface area contributed by atoms with E-state index < -0.39 is 12.5 Å². The number of likely N-dealkylation sites (N-methyl/N-ethyl adjacent to an activating group) is 1. The molecule has 9 nitrogen and oxygen atoms in total. The van der Waals surface area contributed by atoms with Crippen LogP contribution in [0.25, 0.3) is 0 Å². The second-order valence-electron chi connectivity index (χ2n) is 10.3. The fraction of sp³-hybridized carbons (Fsp3) is 0.577. The van der Waals surface area contributed by atoms with Crippen LogP contribution in [0.3, 0.4) is 0 Å². The Balaban J connectivity index is 1.40. The number of likely N-dealkylation sites (tertiary alicyclic amines) is 1. The SMILES string of the molecule is CCN(C(=O)CN1CC2C(C1)C2CN(Cc1cccc(OC(F)(F)F)c1)C(=O)Oc1cn(C)cn1)C(C)C. The molecule has 4 rings (SSSR count). The quantitative estimate of drug-likeness (QED) is 0.459. The van der Waals surface area contributed by atoms with E-state index in [0.29, 0.717) is 37.0 Å². The molecule has 0 radical (unpaired) electrons. The van der Waals surface area contributed by atoms with E-state index in [-0.39, 0.29) is 36.0 Å². The standard InChI is InChI=1S/C26H34F3N5O4/c1-5-34(17(2)3)24(35)15-32-11-20-21(12-32)22(20)13-33(25(36)37-23-14-31(4)16-30-23)10-18-7-6-8-19(9-18)38-26(27,28)29/h6-9,14,16-17,20-22H,5,10-13,15H2,1-4H3. The number of carbonyl (C=O) groups excluding carboxylic acids is 2. The molecule has 2 atom stereocenters. The maximum atomic E-state index is 13.1. The van der Waals surface area contributed by atoms with Gasteiger partial charge in [0, 0.05) is 45.8 Å². The van der Waals surface area contributed by atoms with Crippen LogP contribution in [-0.4, -0.2) is 81.4 Å². The maximum Gasteiger partial charge on any atom is 0.573 e. The van der Waals surface area contributed by atoms with E-state index in [9.17, 15) is 22.8 Å².